The number of benzene rings is 9. The minimum absolute atomic E-state index is 0.665. The monoisotopic (exact) mass is 721 g/mol. The van der Waals surface area contributed by atoms with Gasteiger partial charge in [0, 0.05) is 57.0 Å². The molecule has 54 heavy (non-hydrogen) atoms. The van der Waals surface area contributed by atoms with E-state index in [1.54, 1.807) is 0 Å². The molecule has 12 aromatic rings. The first-order valence-electron chi connectivity index (χ1n) is 18.1. The van der Waals surface area contributed by atoms with Gasteiger partial charge in [-0.05, 0) is 73.4 Å². The molecule has 0 aliphatic rings. The third-order valence-corrected chi connectivity index (χ3v) is 13.2. The van der Waals surface area contributed by atoms with Gasteiger partial charge in [0.15, 0.2) is 17.5 Å². The predicted molar refractivity (Wildman–Crippen MR) is 232 cm³/mol. The summed E-state index contributed by atoms with van der Waals surface area (Å²) in [7, 11) is 0. The van der Waals surface area contributed by atoms with Gasteiger partial charge in [-0.15, -0.1) is 22.7 Å². The van der Waals surface area contributed by atoms with Crippen molar-refractivity contribution in [3.63, 3.8) is 0 Å². The SMILES string of the molecule is c1ccc2c(c1)sc1cccc(-c3nc(-c4cc5c6ccccc6c6ccccc6c5c5ccccc45)nc(-c4cccc5sc6ccccc6c45)n3)c12. The molecule has 0 atom stereocenters. The molecule has 0 N–H and O–H groups in total. The molecular weight excluding hydrogens is 695 g/mol. The molecular formula is C49H27N3S2. The van der Waals surface area contributed by atoms with E-state index in [2.05, 4.69) is 164 Å². The second-order valence-electron chi connectivity index (χ2n) is 13.8. The highest BCUT2D eigenvalue weighted by atomic mass is 32.1. The Balaban J connectivity index is 1.23. The standard InChI is InChI=1S/C49H27N3S2/c1-2-15-30-28(13-1)29-14-3-5-17-32(29)44-33-18-6-4-16-31(33)39(27-38(30)44)49-51-47(36-21-11-25-42-45(36)34-19-7-9-23-40(34)53-42)50-48(52-49)37-22-12-26-43-46(37)35-20-8-10-24-41(35)54-43/h1-27H. The van der Waals surface area contributed by atoms with Crippen LogP contribution >= 0.6 is 22.7 Å². The molecule has 3 nitrogen and oxygen atoms in total. The van der Waals surface area contributed by atoms with E-state index in [4.69, 9.17) is 15.0 Å². The van der Waals surface area contributed by atoms with Gasteiger partial charge in [-0.25, -0.2) is 15.0 Å². The molecule has 0 spiro atoms. The molecule has 5 heteroatoms. The Morgan fingerprint density at radius 2 is 0.630 bits per heavy atom. The van der Waals surface area contributed by atoms with E-state index in [1.807, 2.05) is 22.7 Å². The molecule has 3 aromatic heterocycles. The van der Waals surface area contributed by atoms with Crippen molar-refractivity contribution in [2.45, 2.75) is 0 Å². The smallest absolute Gasteiger partial charge is 0.164 e. The molecule has 0 aliphatic heterocycles. The first-order chi connectivity index (χ1) is 26.8. The van der Waals surface area contributed by atoms with Crippen molar-refractivity contribution < 1.29 is 0 Å². The molecule has 0 unspecified atom stereocenters. The van der Waals surface area contributed by atoms with Gasteiger partial charge in [0.1, 0.15) is 0 Å². The lowest BCUT2D eigenvalue weighted by atomic mass is 9.89. The number of aromatic nitrogens is 3. The summed E-state index contributed by atoms with van der Waals surface area (Å²) in [5, 5.41) is 14.5. The molecule has 0 saturated heterocycles. The van der Waals surface area contributed by atoms with E-state index in [-0.39, 0.29) is 0 Å². The van der Waals surface area contributed by atoms with Crippen molar-refractivity contribution in [3.05, 3.63) is 164 Å². The van der Waals surface area contributed by atoms with Crippen molar-refractivity contribution in [3.8, 4) is 34.2 Å². The van der Waals surface area contributed by atoms with E-state index >= 15 is 0 Å². The van der Waals surface area contributed by atoms with Crippen LogP contribution in [-0.4, -0.2) is 15.0 Å². The Hall–Kier alpha value is -6.53. The van der Waals surface area contributed by atoms with Crippen LogP contribution in [0.1, 0.15) is 0 Å². The first kappa shape index (κ1) is 30.0. The van der Waals surface area contributed by atoms with Crippen LogP contribution in [0.25, 0.3) is 118 Å². The maximum absolute atomic E-state index is 5.45. The molecule has 0 radical (unpaired) electrons. The molecule has 0 aliphatic carbocycles. The van der Waals surface area contributed by atoms with E-state index in [0.717, 1.165) is 22.1 Å². The van der Waals surface area contributed by atoms with Crippen LogP contribution in [0.5, 0.6) is 0 Å². The fourth-order valence-corrected chi connectivity index (χ4v) is 10.9. The Kier molecular flexibility index (Phi) is 6.38. The van der Waals surface area contributed by atoms with Crippen molar-refractivity contribution in [2.24, 2.45) is 0 Å². The van der Waals surface area contributed by atoms with Gasteiger partial charge in [-0.3, -0.25) is 0 Å². The molecule has 0 saturated carbocycles. The first-order valence-corrected chi connectivity index (χ1v) is 19.7. The zero-order chi connectivity index (χ0) is 35.3. The summed E-state index contributed by atoms with van der Waals surface area (Å²) in [4.78, 5) is 16.3. The number of hydrogen-bond donors (Lipinski definition) is 0. The minimum atomic E-state index is 0.665. The molecule has 3 heterocycles. The number of nitrogens with zero attached hydrogens (tertiary/aromatic N) is 3. The van der Waals surface area contributed by atoms with Crippen LogP contribution in [0, 0.1) is 0 Å². The number of fused-ring (bicyclic) bond motifs is 14. The van der Waals surface area contributed by atoms with Crippen LogP contribution in [-0.2, 0) is 0 Å². The maximum atomic E-state index is 5.45. The summed E-state index contributed by atoms with van der Waals surface area (Å²) in [5.74, 6) is 2.01. The zero-order valence-corrected chi connectivity index (χ0v) is 30.4. The molecule has 250 valence electrons. The van der Waals surface area contributed by atoms with Gasteiger partial charge in [-0.2, -0.15) is 0 Å². The molecule has 0 amide bonds. The van der Waals surface area contributed by atoms with E-state index in [9.17, 15) is 0 Å². The average molecular weight is 722 g/mol. The van der Waals surface area contributed by atoms with Crippen LogP contribution in [0.4, 0.5) is 0 Å². The lowest BCUT2D eigenvalue weighted by Crippen LogP contribution is -2.01. The van der Waals surface area contributed by atoms with Crippen LogP contribution < -0.4 is 0 Å². The van der Waals surface area contributed by atoms with Crippen molar-refractivity contribution >= 4 is 106 Å². The predicted octanol–water partition coefficient (Wildman–Crippen LogP) is 14.2. The van der Waals surface area contributed by atoms with Crippen molar-refractivity contribution in [1.82, 2.24) is 15.0 Å². The Labute approximate surface area is 317 Å². The van der Waals surface area contributed by atoms with Gasteiger partial charge < -0.3 is 0 Å². The average Bonchev–Trinajstić information content (AvgIpc) is 3.82. The maximum Gasteiger partial charge on any atom is 0.164 e. The second-order valence-corrected chi connectivity index (χ2v) is 16.0. The van der Waals surface area contributed by atoms with Gasteiger partial charge in [-0.1, -0.05) is 133 Å². The normalized spacial score (nSPS) is 12.1. The number of rotatable bonds is 3. The number of hydrogen-bond acceptors (Lipinski definition) is 5. The van der Waals surface area contributed by atoms with E-state index < -0.39 is 0 Å². The van der Waals surface area contributed by atoms with Crippen LogP contribution in [0.2, 0.25) is 0 Å². The molecule has 9 aromatic carbocycles. The van der Waals surface area contributed by atoms with Crippen LogP contribution in [0.3, 0.4) is 0 Å². The Bertz CT molecular complexity index is 3390. The summed E-state index contributed by atoms with van der Waals surface area (Å²) < 4.78 is 4.95. The van der Waals surface area contributed by atoms with Gasteiger partial charge in [0.25, 0.3) is 0 Å². The third kappa shape index (κ3) is 4.31. The highest BCUT2D eigenvalue weighted by molar-refractivity contribution is 7.26. The zero-order valence-electron chi connectivity index (χ0n) is 28.7. The van der Waals surface area contributed by atoms with Gasteiger partial charge >= 0.3 is 0 Å². The highest BCUT2D eigenvalue weighted by Gasteiger charge is 2.22. The lowest BCUT2D eigenvalue weighted by molar-refractivity contribution is 1.08. The summed E-state index contributed by atoms with van der Waals surface area (Å²) in [6.07, 6.45) is 0. The highest BCUT2D eigenvalue weighted by Crippen LogP contribution is 2.45. The molecule has 0 fully saturated rings. The minimum Gasteiger partial charge on any atom is -0.208 e. The molecule has 12 rings (SSSR count). The summed E-state index contributed by atoms with van der Waals surface area (Å²) in [5.41, 5.74) is 3.02. The number of thiophene rings is 2. The van der Waals surface area contributed by atoms with Crippen molar-refractivity contribution in [1.29, 1.82) is 0 Å². The fourth-order valence-electron chi connectivity index (χ4n) is 8.61. The summed E-state index contributed by atoms with van der Waals surface area (Å²) in [6, 6.07) is 58.9. The summed E-state index contributed by atoms with van der Waals surface area (Å²) >= 11 is 3.62. The Morgan fingerprint density at radius 1 is 0.259 bits per heavy atom. The van der Waals surface area contributed by atoms with Crippen LogP contribution in [0.15, 0.2) is 164 Å². The summed E-state index contributed by atoms with van der Waals surface area (Å²) in [6.45, 7) is 0. The van der Waals surface area contributed by atoms with Gasteiger partial charge in [0.05, 0.1) is 0 Å². The quantitative estimate of drug-likeness (QED) is 0.171. The third-order valence-electron chi connectivity index (χ3n) is 10.9. The van der Waals surface area contributed by atoms with Gasteiger partial charge in [0.2, 0.25) is 0 Å². The van der Waals surface area contributed by atoms with E-state index in [1.165, 1.54) is 78.0 Å². The topological polar surface area (TPSA) is 38.7 Å². The Morgan fingerprint density at radius 3 is 1.17 bits per heavy atom. The fraction of sp³-hybridized carbons (Fsp3) is 0. The largest absolute Gasteiger partial charge is 0.208 e. The molecule has 0 bridgehead atoms. The van der Waals surface area contributed by atoms with E-state index in [0.29, 0.717) is 17.5 Å². The second kappa shape index (κ2) is 11.5. The lowest BCUT2D eigenvalue weighted by Gasteiger charge is -2.16. The van der Waals surface area contributed by atoms with Crippen molar-refractivity contribution in [2.75, 3.05) is 0 Å².